The largest absolute Gasteiger partial charge is 0.296 e. The average molecular weight is 370 g/mol. The standard InChI is InChI=1S/C17H24ClN3O2S/c1-17(2,6-7-19)14-24(22,23)21-10-8-20(9-11-21)13-15-4-3-5-16(18)12-15/h3-5,12H,6,8-11,13-14H2,1-2H3. The molecule has 24 heavy (non-hydrogen) atoms. The third-order valence-electron chi connectivity index (χ3n) is 4.15. The molecule has 0 unspecified atom stereocenters. The second kappa shape index (κ2) is 7.83. The summed E-state index contributed by atoms with van der Waals surface area (Å²) in [6.45, 7) is 6.80. The lowest BCUT2D eigenvalue weighted by Crippen LogP contribution is -2.50. The molecule has 1 aliphatic heterocycles. The van der Waals surface area contributed by atoms with Gasteiger partial charge in [-0.1, -0.05) is 37.6 Å². The van der Waals surface area contributed by atoms with E-state index >= 15 is 0 Å². The SMILES string of the molecule is CC(C)(CC#N)CS(=O)(=O)N1CCN(Cc2cccc(Cl)c2)CC1. The van der Waals surface area contributed by atoms with Crippen LogP contribution in [-0.4, -0.2) is 49.6 Å². The molecule has 0 atom stereocenters. The van der Waals surface area contributed by atoms with Crippen LogP contribution in [0.1, 0.15) is 25.8 Å². The Hall–Kier alpha value is -1.13. The van der Waals surface area contributed by atoms with Crippen molar-refractivity contribution < 1.29 is 8.42 Å². The Morgan fingerprint density at radius 1 is 1.25 bits per heavy atom. The highest BCUT2D eigenvalue weighted by atomic mass is 35.5. The molecule has 1 fully saturated rings. The summed E-state index contributed by atoms with van der Waals surface area (Å²) in [4.78, 5) is 2.23. The van der Waals surface area contributed by atoms with Crippen LogP contribution in [0.15, 0.2) is 24.3 Å². The van der Waals surface area contributed by atoms with E-state index in [0.717, 1.165) is 12.1 Å². The highest BCUT2D eigenvalue weighted by Crippen LogP contribution is 2.24. The quantitative estimate of drug-likeness (QED) is 0.773. The zero-order valence-electron chi connectivity index (χ0n) is 14.2. The molecule has 0 N–H and O–H groups in total. The molecule has 1 aromatic rings. The number of nitriles is 1. The van der Waals surface area contributed by atoms with Gasteiger partial charge in [-0.2, -0.15) is 9.57 Å². The van der Waals surface area contributed by atoms with E-state index in [0.29, 0.717) is 31.2 Å². The molecular formula is C17H24ClN3O2S. The third-order valence-corrected chi connectivity index (χ3v) is 6.68. The maximum Gasteiger partial charge on any atom is 0.214 e. The Morgan fingerprint density at radius 2 is 1.92 bits per heavy atom. The van der Waals surface area contributed by atoms with Gasteiger partial charge in [-0.05, 0) is 23.1 Å². The monoisotopic (exact) mass is 369 g/mol. The van der Waals surface area contributed by atoms with E-state index in [4.69, 9.17) is 16.9 Å². The summed E-state index contributed by atoms with van der Waals surface area (Å²) in [6.07, 6.45) is 0.237. The third kappa shape index (κ3) is 5.45. The maximum absolute atomic E-state index is 12.6. The van der Waals surface area contributed by atoms with Gasteiger partial charge >= 0.3 is 0 Å². The van der Waals surface area contributed by atoms with Crippen LogP contribution >= 0.6 is 11.6 Å². The molecule has 132 valence electrons. The van der Waals surface area contributed by atoms with Gasteiger partial charge in [0, 0.05) is 44.2 Å². The summed E-state index contributed by atoms with van der Waals surface area (Å²) >= 11 is 6.00. The van der Waals surface area contributed by atoms with E-state index in [1.54, 1.807) is 4.31 Å². The first-order chi connectivity index (χ1) is 11.2. The molecule has 1 aromatic carbocycles. The fourth-order valence-corrected chi connectivity index (χ4v) is 5.11. The van der Waals surface area contributed by atoms with Gasteiger partial charge in [0.25, 0.3) is 0 Å². The first-order valence-electron chi connectivity index (χ1n) is 8.03. The Bertz CT molecular complexity index is 705. The first kappa shape index (κ1) is 19.2. The van der Waals surface area contributed by atoms with Crippen LogP contribution in [0.25, 0.3) is 0 Å². The zero-order chi connectivity index (χ0) is 17.8. The zero-order valence-corrected chi connectivity index (χ0v) is 15.8. The number of benzene rings is 1. The Balaban J connectivity index is 1.91. The normalized spacial score (nSPS) is 17.6. The number of hydrogen-bond donors (Lipinski definition) is 0. The van der Waals surface area contributed by atoms with Crippen LogP contribution in [0.5, 0.6) is 0 Å². The number of hydrogen-bond acceptors (Lipinski definition) is 4. The summed E-state index contributed by atoms with van der Waals surface area (Å²) in [5.74, 6) is 0.0157. The second-order valence-electron chi connectivity index (χ2n) is 7.06. The Kier molecular flexibility index (Phi) is 6.27. The van der Waals surface area contributed by atoms with Gasteiger partial charge < -0.3 is 0 Å². The average Bonchev–Trinajstić information content (AvgIpc) is 2.46. The van der Waals surface area contributed by atoms with Crippen molar-refractivity contribution in [3.8, 4) is 6.07 Å². The molecule has 0 saturated carbocycles. The fraction of sp³-hybridized carbons (Fsp3) is 0.588. The predicted molar refractivity (Wildman–Crippen MR) is 96.1 cm³/mol. The van der Waals surface area contributed by atoms with Crippen molar-refractivity contribution in [3.05, 3.63) is 34.9 Å². The van der Waals surface area contributed by atoms with Gasteiger partial charge in [0.05, 0.1) is 11.8 Å². The second-order valence-corrected chi connectivity index (χ2v) is 9.47. The van der Waals surface area contributed by atoms with Crippen LogP contribution in [0.4, 0.5) is 0 Å². The van der Waals surface area contributed by atoms with E-state index in [1.165, 1.54) is 0 Å². The molecule has 5 nitrogen and oxygen atoms in total. The van der Waals surface area contributed by atoms with Crippen LogP contribution in [0.2, 0.25) is 5.02 Å². The van der Waals surface area contributed by atoms with E-state index in [1.807, 2.05) is 38.1 Å². The predicted octanol–water partition coefficient (Wildman–Crippen LogP) is 2.73. The molecule has 0 aromatic heterocycles. The molecule has 0 radical (unpaired) electrons. The van der Waals surface area contributed by atoms with Gasteiger partial charge in [-0.15, -0.1) is 0 Å². The molecule has 1 heterocycles. The van der Waals surface area contributed by atoms with Gasteiger partial charge in [-0.25, -0.2) is 8.42 Å². The smallest absolute Gasteiger partial charge is 0.214 e. The van der Waals surface area contributed by atoms with E-state index in [2.05, 4.69) is 11.0 Å². The summed E-state index contributed by atoms with van der Waals surface area (Å²) in [6, 6.07) is 9.81. The Labute approximate surface area is 149 Å². The van der Waals surface area contributed by atoms with Gasteiger partial charge in [0.1, 0.15) is 0 Å². The lowest BCUT2D eigenvalue weighted by atomic mass is 9.93. The molecular weight excluding hydrogens is 346 g/mol. The Morgan fingerprint density at radius 3 is 2.50 bits per heavy atom. The van der Waals surface area contributed by atoms with Crippen LogP contribution < -0.4 is 0 Å². The van der Waals surface area contributed by atoms with Crippen molar-refractivity contribution >= 4 is 21.6 Å². The molecule has 0 aliphatic carbocycles. The van der Waals surface area contributed by atoms with Gasteiger partial charge in [0.15, 0.2) is 0 Å². The lowest BCUT2D eigenvalue weighted by molar-refractivity contribution is 0.180. The minimum atomic E-state index is -3.33. The molecule has 0 spiro atoms. The van der Waals surface area contributed by atoms with E-state index in [9.17, 15) is 8.42 Å². The molecule has 1 aliphatic rings. The van der Waals surface area contributed by atoms with Crippen LogP contribution in [0.3, 0.4) is 0 Å². The highest BCUT2D eigenvalue weighted by Gasteiger charge is 2.32. The molecule has 0 amide bonds. The van der Waals surface area contributed by atoms with Crippen molar-refractivity contribution in [2.24, 2.45) is 5.41 Å². The topological polar surface area (TPSA) is 64.4 Å². The van der Waals surface area contributed by atoms with Crippen molar-refractivity contribution in [1.29, 1.82) is 5.26 Å². The number of rotatable bonds is 6. The van der Waals surface area contributed by atoms with Crippen molar-refractivity contribution in [3.63, 3.8) is 0 Å². The van der Waals surface area contributed by atoms with Crippen molar-refractivity contribution in [1.82, 2.24) is 9.21 Å². The van der Waals surface area contributed by atoms with E-state index < -0.39 is 15.4 Å². The minimum absolute atomic E-state index is 0.0157. The first-order valence-corrected chi connectivity index (χ1v) is 10.0. The number of nitrogens with zero attached hydrogens (tertiary/aromatic N) is 3. The molecule has 7 heteroatoms. The number of halogens is 1. The number of sulfonamides is 1. The molecule has 2 rings (SSSR count). The summed E-state index contributed by atoms with van der Waals surface area (Å²) in [7, 11) is -3.33. The highest BCUT2D eigenvalue weighted by molar-refractivity contribution is 7.89. The van der Waals surface area contributed by atoms with Crippen molar-refractivity contribution in [2.75, 3.05) is 31.9 Å². The van der Waals surface area contributed by atoms with Crippen LogP contribution in [-0.2, 0) is 16.6 Å². The maximum atomic E-state index is 12.6. The van der Waals surface area contributed by atoms with E-state index in [-0.39, 0.29) is 12.2 Å². The van der Waals surface area contributed by atoms with Gasteiger partial charge in [0.2, 0.25) is 10.0 Å². The summed E-state index contributed by atoms with van der Waals surface area (Å²) < 4.78 is 26.7. The number of piperazine rings is 1. The minimum Gasteiger partial charge on any atom is -0.296 e. The van der Waals surface area contributed by atoms with Crippen molar-refractivity contribution in [2.45, 2.75) is 26.8 Å². The summed E-state index contributed by atoms with van der Waals surface area (Å²) in [5, 5.41) is 9.55. The fourth-order valence-electron chi connectivity index (χ4n) is 2.91. The lowest BCUT2D eigenvalue weighted by Gasteiger charge is -2.35. The van der Waals surface area contributed by atoms with Gasteiger partial charge in [-0.3, -0.25) is 4.90 Å². The van der Waals surface area contributed by atoms with Crippen LogP contribution in [0, 0.1) is 16.7 Å². The molecule has 1 saturated heterocycles. The summed E-state index contributed by atoms with van der Waals surface area (Å²) in [5.41, 5.74) is 0.611. The molecule has 0 bridgehead atoms.